The van der Waals surface area contributed by atoms with E-state index in [1.54, 1.807) is 11.8 Å². The predicted octanol–water partition coefficient (Wildman–Crippen LogP) is 3.17. The Morgan fingerprint density at radius 2 is 1.52 bits per heavy atom. The second-order valence-corrected chi connectivity index (χ2v) is 6.12. The van der Waals surface area contributed by atoms with Gasteiger partial charge >= 0.3 is 0 Å². The first-order valence-electron chi connectivity index (χ1n) is 8.75. The number of carbonyl (C=O) groups excluding carboxylic acids is 2. The van der Waals surface area contributed by atoms with Crippen LogP contribution in [-0.4, -0.2) is 29.8 Å². The van der Waals surface area contributed by atoms with Crippen molar-refractivity contribution >= 4 is 11.8 Å². The van der Waals surface area contributed by atoms with Gasteiger partial charge in [-0.1, -0.05) is 60.7 Å². The third-order valence-electron chi connectivity index (χ3n) is 4.08. The molecule has 2 amide bonds. The highest BCUT2D eigenvalue weighted by molar-refractivity contribution is 5.78. The normalized spacial score (nSPS) is 10.3. The van der Waals surface area contributed by atoms with Crippen LogP contribution in [0.2, 0.25) is 0 Å². The molecule has 0 fully saturated rings. The molecule has 0 bridgehead atoms. The van der Waals surface area contributed by atoms with Crippen LogP contribution >= 0.6 is 0 Å². The fourth-order valence-corrected chi connectivity index (χ4v) is 2.64. The first kappa shape index (κ1) is 18.7. The maximum absolute atomic E-state index is 12.0. The van der Waals surface area contributed by atoms with E-state index in [1.807, 2.05) is 48.5 Å². The maximum atomic E-state index is 12.0. The van der Waals surface area contributed by atoms with E-state index in [2.05, 4.69) is 17.4 Å². The Kier molecular flexibility index (Phi) is 7.70. The van der Waals surface area contributed by atoms with E-state index in [-0.39, 0.29) is 11.8 Å². The molecule has 0 spiro atoms. The van der Waals surface area contributed by atoms with Crippen molar-refractivity contribution < 1.29 is 9.59 Å². The van der Waals surface area contributed by atoms with Gasteiger partial charge < -0.3 is 10.2 Å². The van der Waals surface area contributed by atoms with Crippen molar-refractivity contribution in [2.75, 3.05) is 13.1 Å². The molecular formula is C21H26N2O2. The molecule has 2 aromatic rings. The Morgan fingerprint density at radius 3 is 2.12 bits per heavy atom. The molecule has 0 heterocycles. The van der Waals surface area contributed by atoms with Gasteiger partial charge in [0.05, 0.1) is 0 Å². The number of amides is 2. The molecule has 2 aromatic carbocycles. The van der Waals surface area contributed by atoms with Crippen molar-refractivity contribution in [2.24, 2.45) is 0 Å². The Balaban J connectivity index is 1.67. The minimum absolute atomic E-state index is 0.00706. The zero-order valence-corrected chi connectivity index (χ0v) is 14.8. The van der Waals surface area contributed by atoms with E-state index in [9.17, 15) is 9.59 Å². The summed E-state index contributed by atoms with van der Waals surface area (Å²) in [6, 6.07) is 20.1. The largest absolute Gasteiger partial charge is 0.356 e. The van der Waals surface area contributed by atoms with E-state index >= 15 is 0 Å². The number of rotatable bonds is 9. The van der Waals surface area contributed by atoms with Gasteiger partial charge in [-0.25, -0.2) is 0 Å². The van der Waals surface area contributed by atoms with E-state index < -0.39 is 0 Å². The number of nitrogens with zero attached hydrogens (tertiary/aromatic N) is 1. The summed E-state index contributed by atoms with van der Waals surface area (Å²) in [7, 11) is 0. The van der Waals surface area contributed by atoms with Gasteiger partial charge in [-0.3, -0.25) is 9.59 Å². The zero-order chi connectivity index (χ0) is 17.9. The van der Waals surface area contributed by atoms with E-state index in [0.29, 0.717) is 26.1 Å². The molecule has 4 nitrogen and oxygen atoms in total. The minimum atomic E-state index is -0.0132. The predicted molar refractivity (Wildman–Crippen MR) is 99.9 cm³/mol. The van der Waals surface area contributed by atoms with Crippen LogP contribution in [-0.2, 0) is 22.6 Å². The molecule has 0 saturated heterocycles. The van der Waals surface area contributed by atoms with E-state index in [4.69, 9.17) is 0 Å². The maximum Gasteiger partial charge on any atom is 0.221 e. The van der Waals surface area contributed by atoms with Gasteiger partial charge in [-0.05, 0) is 24.0 Å². The van der Waals surface area contributed by atoms with E-state index in [0.717, 1.165) is 18.4 Å². The number of benzene rings is 2. The van der Waals surface area contributed by atoms with Gasteiger partial charge in [0, 0.05) is 33.0 Å². The molecule has 0 aliphatic rings. The number of carbonyl (C=O) groups is 2. The lowest BCUT2D eigenvalue weighted by Crippen LogP contribution is -2.33. The van der Waals surface area contributed by atoms with Gasteiger partial charge in [-0.15, -0.1) is 0 Å². The van der Waals surface area contributed by atoms with Crippen LogP contribution in [0, 0.1) is 0 Å². The monoisotopic (exact) mass is 338 g/mol. The smallest absolute Gasteiger partial charge is 0.221 e. The van der Waals surface area contributed by atoms with Crippen LogP contribution in [0.1, 0.15) is 30.9 Å². The zero-order valence-electron chi connectivity index (χ0n) is 14.8. The Morgan fingerprint density at radius 1 is 0.920 bits per heavy atom. The summed E-state index contributed by atoms with van der Waals surface area (Å²) < 4.78 is 0. The van der Waals surface area contributed by atoms with Crippen LogP contribution < -0.4 is 5.32 Å². The number of nitrogens with one attached hydrogen (secondary N) is 1. The molecule has 132 valence electrons. The van der Waals surface area contributed by atoms with Gasteiger partial charge in [0.15, 0.2) is 0 Å². The third kappa shape index (κ3) is 7.21. The Hall–Kier alpha value is -2.62. The van der Waals surface area contributed by atoms with Gasteiger partial charge in [0.1, 0.15) is 0 Å². The lowest BCUT2D eigenvalue weighted by molar-refractivity contribution is -0.130. The van der Waals surface area contributed by atoms with Crippen LogP contribution in [0.25, 0.3) is 0 Å². The SMILES string of the molecule is CC(=O)N(CCC(=O)NCCCc1ccccc1)Cc1ccccc1. The average molecular weight is 338 g/mol. The van der Waals surface area contributed by atoms with Crippen LogP contribution in [0.15, 0.2) is 60.7 Å². The fourth-order valence-electron chi connectivity index (χ4n) is 2.64. The topological polar surface area (TPSA) is 49.4 Å². The third-order valence-corrected chi connectivity index (χ3v) is 4.08. The fraction of sp³-hybridized carbons (Fsp3) is 0.333. The molecule has 0 radical (unpaired) electrons. The van der Waals surface area contributed by atoms with Crippen molar-refractivity contribution in [2.45, 2.75) is 32.7 Å². The molecule has 0 aliphatic carbocycles. The van der Waals surface area contributed by atoms with Crippen molar-refractivity contribution in [3.63, 3.8) is 0 Å². The van der Waals surface area contributed by atoms with Crippen molar-refractivity contribution in [3.8, 4) is 0 Å². The summed E-state index contributed by atoms with van der Waals surface area (Å²) in [5, 5.41) is 2.93. The average Bonchev–Trinajstić information content (AvgIpc) is 2.63. The second kappa shape index (κ2) is 10.3. The molecular weight excluding hydrogens is 312 g/mol. The Bertz CT molecular complexity index is 656. The van der Waals surface area contributed by atoms with Crippen LogP contribution in [0.3, 0.4) is 0 Å². The highest BCUT2D eigenvalue weighted by atomic mass is 16.2. The molecule has 0 aromatic heterocycles. The molecule has 0 unspecified atom stereocenters. The standard InChI is InChI=1S/C21H26N2O2/c1-18(24)23(17-20-11-6-3-7-12-20)16-14-21(25)22-15-8-13-19-9-4-2-5-10-19/h2-7,9-12H,8,13-17H2,1H3,(H,22,25). The highest BCUT2D eigenvalue weighted by Crippen LogP contribution is 2.06. The lowest BCUT2D eigenvalue weighted by Gasteiger charge is -2.21. The number of hydrogen-bond donors (Lipinski definition) is 1. The first-order valence-corrected chi connectivity index (χ1v) is 8.75. The molecule has 4 heteroatoms. The molecule has 0 saturated carbocycles. The van der Waals surface area contributed by atoms with Gasteiger partial charge in [0.25, 0.3) is 0 Å². The number of hydrogen-bond acceptors (Lipinski definition) is 2. The summed E-state index contributed by atoms with van der Waals surface area (Å²) >= 11 is 0. The van der Waals surface area contributed by atoms with Gasteiger partial charge in [0.2, 0.25) is 11.8 Å². The highest BCUT2D eigenvalue weighted by Gasteiger charge is 2.11. The summed E-state index contributed by atoms with van der Waals surface area (Å²) in [6.07, 6.45) is 2.20. The summed E-state index contributed by atoms with van der Waals surface area (Å²) in [5.74, 6) is -0.0203. The van der Waals surface area contributed by atoms with Crippen molar-refractivity contribution in [3.05, 3.63) is 71.8 Å². The summed E-state index contributed by atoms with van der Waals surface area (Å²) in [5.41, 5.74) is 2.35. The van der Waals surface area contributed by atoms with Crippen LogP contribution in [0.4, 0.5) is 0 Å². The first-order chi connectivity index (χ1) is 12.1. The molecule has 0 atom stereocenters. The van der Waals surface area contributed by atoms with Crippen molar-refractivity contribution in [1.29, 1.82) is 0 Å². The quantitative estimate of drug-likeness (QED) is 0.714. The van der Waals surface area contributed by atoms with Crippen molar-refractivity contribution in [1.82, 2.24) is 10.2 Å². The molecule has 25 heavy (non-hydrogen) atoms. The van der Waals surface area contributed by atoms with E-state index in [1.165, 1.54) is 5.56 Å². The summed E-state index contributed by atoms with van der Waals surface area (Å²) in [4.78, 5) is 25.5. The second-order valence-electron chi connectivity index (χ2n) is 6.12. The minimum Gasteiger partial charge on any atom is -0.356 e. The molecule has 0 aliphatic heterocycles. The van der Waals surface area contributed by atoms with Crippen LogP contribution in [0.5, 0.6) is 0 Å². The molecule has 1 N–H and O–H groups in total. The number of aryl methyl sites for hydroxylation is 1. The lowest BCUT2D eigenvalue weighted by atomic mass is 10.1. The van der Waals surface area contributed by atoms with Gasteiger partial charge in [-0.2, -0.15) is 0 Å². The summed E-state index contributed by atoms with van der Waals surface area (Å²) in [6.45, 7) is 3.18. The Labute approximate surface area is 149 Å². The molecule has 2 rings (SSSR count).